The minimum Gasteiger partial charge on any atom is -0.384 e. The van der Waals surface area contributed by atoms with Crippen molar-refractivity contribution in [3.63, 3.8) is 0 Å². The summed E-state index contributed by atoms with van der Waals surface area (Å²) in [4.78, 5) is 12.5. The molecule has 3 rings (SSSR count). The number of aromatic amines is 1. The van der Waals surface area contributed by atoms with E-state index >= 15 is 0 Å². The van der Waals surface area contributed by atoms with Crippen LogP contribution < -0.4 is 5.73 Å². The molecule has 8 heteroatoms. The van der Waals surface area contributed by atoms with Gasteiger partial charge in [-0.15, -0.1) is 0 Å². The highest BCUT2D eigenvalue weighted by molar-refractivity contribution is 5.31. The Labute approximate surface area is 131 Å². The van der Waals surface area contributed by atoms with Crippen molar-refractivity contribution >= 4 is 5.82 Å². The minimum atomic E-state index is -4.38. The summed E-state index contributed by atoms with van der Waals surface area (Å²) in [5.41, 5.74) is 5.94. The minimum absolute atomic E-state index is 0.0148. The first kappa shape index (κ1) is 15.8. The van der Waals surface area contributed by atoms with E-state index in [4.69, 9.17) is 5.73 Å². The lowest BCUT2D eigenvalue weighted by Crippen LogP contribution is -2.34. The number of hydrogen-bond acceptors (Lipinski definition) is 4. The Bertz CT molecular complexity index is 667. The Morgan fingerprint density at radius 2 is 2.17 bits per heavy atom. The highest BCUT2D eigenvalue weighted by atomic mass is 19.4. The Balaban J connectivity index is 1.67. The van der Waals surface area contributed by atoms with Crippen LogP contribution in [0.15, 0.2) is 24.5 Å². The molecule has 2 aromatic rings. The van der Waals surface area contributed by atoms with Crippen LogP contribution in [0.1, 0.15) is 35.8 Å². The van der Waals surface area contributed by atoms with Crippen LogP contribution >= 0.6 is 0 Å². The topological polar surface area (TPSA) is 70.8 Å². The number of pyridine rings is 1. The van der Waals surface area contributed by atoms with Crippen molar-refractivity contribution in [1.82, 2.24) is 19.9 Å². The molecule has 23 heavy (non-hydrogen) atoms. The van der Waals surface area contributed by atoms with E-state index in [0.717, 1.165) is 31.1 Å². The number of anilines is 1. The van der Waals surface area contributed by atoms with E-state index in [-0.39, 0.29) is 5.92 Å². The molecule has 124 valence electrons. The summed E-state index contributed by atoms with van der Waals surface area (Å²) in [6.07, 6.45) is -0.0900. The van der Waals surface area contributed by atoms with Gasteiger partial charge in [0.15, 0.2) is 0 Å². The maximum absolute atomic E-state index is 12.7. The number of H-pyrrole nitrogens is 1. The molecule has 0 aromatic carbocycles. The third-order valence-corrected chi connectivity index (χ3v) is 4.04. The van der Waals surface area contributed by atoms with Gasteiger partial charge in [0.2, 0.25) is 0 Å². The van der Waals surface area contributed by atoms with Gasteiger partial charge in [-0.05, 0) is 37.1 Å². The molecule has 0 bridgehead atoms. The first-order chi connectivity index (χ1) is 10.9. The summed E-state index contributed by atoms with van der Waals surface area (Å²) in [7, 11) is 0. The van der Waals surface area contributed by atoms with E-state index in [1.807, 2.05) is 12.1 Å². The van der Waals surface area contributed by atoms with Crippen molar-refractivity contribution in [3.05, 3.63) is 41.6 Å². The zero-order valence-corrected chi connectivity index (χ0v) is 12.5. The normalized spacial score (nSPS) is 19.9. The van der Waals surface area contributed by atoms with Crippen molar-refractivity contribution in [2.45, 2.75) is 31.5 Å². The van der Waals surface area contributed by atoms with Gasteiger partial charge in [0, 0.05) is 25.2 Å². The number of nitrogen functional groups attached to an aromatic ring is 1. The Morgan fingerprint density at radius 3 is 2.87 bits per heavy atom. The first-order valence-electron chi connectivity index (χ1n) is 7.46. The van der Waals surface area contributed by atoms with E-state index in [2.05, 4.69) is 19.9 Å². The fourth-order valence-electron chi connectivity index (χ4n) is 2.96. The molecule has 0 radical (unpaired) electrons. The van der Waals surface area contributed by atoms with Crippen molar-refractivity contribution in [2.75, 3.05) is 18.8 Å². The summed E-state index contributed by atoms with van der Waals surface area (Å²) in [5.74, 6) is 0.868. The molecular weight excluding hydrogens is 307 g/mol. The monoisotopic (exact) mass is 325 g/mol. The summed E-state index contributed by atoms with van der Waals surface area (Å²) in [6.45, 7) is 2.29. The van der Waals surface area contributed by atoms with Crippen molar-refractivity contribution in [3.8, 4) is 0 Å². The average Bonchev–Trinajstić information content (AvgIpc) is 2.97. The molecule has 1 fully saturated rings. The van der Waals surface area contributed by atoms with Gasteiger partial charge in [-0.1, -0.05) is 0 Å². The van der Waals surface area contributed by atoms with Crippen LogP contribution in [0.25, 0.3) is 0 Å². The van der Waals surface area contributed by atoms with Crippen LogP contribution in [-0.4, -0.2) is 32.9 Å². The van der Waals surface area contributed by atoms with Gasteiger partial charge in [0.05, 0.1) is 6.20 Å². The molecule has 1 aliphatic rings. The van der Waals surface area contributed by atoms with Crippen LogP contribution in [-0.2, 0) is 12.7 Å². The van der Waals surface area contributed by atoms with Gasteiger partial charge in [-0.3, -0.25) is 4.90 Å². The number of aromatic nitrogens is 3. The number of nitrogens with one attached hydrogen (secondary N) is 1. The standard InChI is InChI=1S/C15H18F3N5/c16-15(17,18)12-7-21-14(22-12)11-2-1-5-23(9-11)8-10-3-4-20-13(19)6-10/h3-4,6-7,11H,1-2,5,8-9H2,(H2,19,20)(H,21,22)/t11-/m1/s1. The van der Waals surface area contributed by atoms with Gasteiger partial charge in [-0.25, -0.2) is 9.97 Å². The number of alkyl halides is 3. The highest BCUT2D eigenvalue weighted by Crippen LogP contribution is 2.31. The number of hydrogen-bond donors (Lipinski definition) is 2. The summed E-state index contributed by atoms with van der Waals surface area (Å²) >= 11 is 0. The molecule has 0 unspecified atom stereocenters. The number of nitrogens with zero attached hydrogens (tertiary/aromatic N) is 3. The number of nitrogens with two attached hydrogens (primary N) is 1. The average molecular weight is 325 g/mol. The molecule has 0 saturated carbocycles. The van der Waals surface area contributed by atoms with Crippen LogP contribution in [0, 0.1) is 0 Å². The maximum Gasteiger partial charge on any atom is 0.432 e. The quantitative estimate of drug-likeness (QED) is 0.910. The lowest BCUT2D eigenvalue weighted by molar-refractivity contribution is -0.141. The molecule has 0 spiro atoms. The van der Waals surface area contributed by atoms with E-state index in [9.17, 15) is 13.2 Å². The van der Waals surface area contributed by atoms with Crippen molar-refractivity contribution in [1.29, 1.82) is 0 Å². The molecule has 1 atom stereocenters. The van der Waals surface area contributed by atoms with Crippen molar-refractivity contribution < 1.29 is 13.2 Å². The van der Waals surface area contributed by atoms with Crippen LogP contribution in [0.3, 0.4) is 0 Å². The predicted molar refractivity (Wildman–Crippen MR) is 79.5 cm³/mol. The molecule has 0 amide bonds. The molecule has 5 nitrogen and oxygen atoms in total. The summed E-state index contributed by atoms with van der Waals surface area (Å²) in [6, 6.07) is 3.72. The Hall–Kier alpha value is -2.09. The number of imidazole rings is 1. The molecule has 3 heterocycles. The molecule has 0 aliphatic carbocycles. The van der Waals surface area contributed by atoms with Gasteiger partial charge >= 0.3 is 6.18 Å². The second-order valence-corrected chi connectivity index (χ2v) is 5.84. The van der Waals surface area contributed by atoms with Gasteiger partial charge in [-0.2, -0.15) is 13.2 Å². The second-order valence-electron chi connectivity index (χ2n) is 5.84. The maximum atomic E-state index is 12.7. The fraction of sp³-hybridized carbons (Fsp3) is 0.467. The lowest BCUT2D eigenvalue weighted by atomic mass is 9.97. The molecule has 1 aliphatic heterocycles. The van der Waals surface area contributed by atoms with E-state index in [0.29, 0.717) is 24.7 Å². The lowest BCUT2D eigenvalue weighted by Gasteiger charge is -2.31. The zero-order chi connectivity index (χ0) is 16.4. The SMILES string of the molecule is Nc1cc(CN2CCC[C@@H](c3ncc(C(F)(F)F)[nH]3)C2)ccn1. The third-order valence-electron chi connectivity index (χ3n) is 4.04. The van der Waals surface area contributed by atoms with E-state index in [1.54, 1.807) is 6.20 Å². The van der Waals surface area contributed by atoms with Gasteiger partial charge in [0.25, 0.3) is 0 Å². The van der Waals surface area contributed by atoms with Crippen LogP contribution in [0.5, 0.6) is 0 Å². The second kappa shape index (κ2) is 6.19. The first-order valence-corrected chi connectivity index (χ1v) is 7.46. The Morgan fingerprint density at radius 1 is 1.35 bits per heavy atom. The number of halogens is 3. The molecule has 3 N–H and O–H groups in total. The van der Waals surface area contributed by atoms with Crippen molar-refractivity contribution in [2.24, 2.45) is 0 Å². The third kappa shape index (κ3) is 3.82. The highest BCUT2D eigenvalue weighted by Gasteiger charge is 2.34. The predicted octanol–water partition coefficient (Wildman–Crippen LogP) is 2.79. The number of likely N-dealkylation sites (tertiary alicyclic amines) is 1. The number of piperidine rings is 1. The summed E-state index contributed by atoms with van der Waals surface area (Å²) < 4.78 is 38.0. The van der Waals surface area contributed by atoms with E-state index < -0.39 is 11.9 Å². The van der Waals surface area contributed by atoms with Gasteiger partial charge in [0.1, 0.15) is 17.3 Å². The molecular formula is C15H18F3N5. The number of rotatable bonds is 3. The largest absolute Gasteiger partial charge is 0.432 e. The fourth-order valence-corrected chi connectivity index (χ4v) is 2.96. The zero-order valence-electron chi connectivity index (χ0n) is 12.5. The van der Waals surface area contributed by atoms with Crippen LogP contribution in [0.4, 0.5) is 19.0 Å². The van der Waals surface area contributed by atoms with E-state index in [1.165, 1.54) is 0 Å². The Kier molecular flexibility index (Phi) is 4.25. The summed E-state index contributed by atoms with van der Waals surface area (Å²) in [5, 5.41) is 0. The molecule has 2 aromatic heterocycles. The van der Waals surface area contributed by atoms with Gasteiger partial charge < -0.3 is 10.7 Å². The molecule has 1 saturated heterocycles. The van der Waals surface area contributed by atoms with Crippen LogP contribution in [0.2, 0.25) is 0 Å². The smallest absolute Gasteiger partial charge is 0.384 e.